The topological polar surface area (TPSA) is 78.8 Å². The summed E-state index contributed by atoms with van der Waals surface area (Å²) >= 11 is 1.36. The molecule has 0 saturated heterocycles. The van der Waals surface area contributed by atoms with Gasteiger partial charge in [0.1, 0.15) is 5.70 Å². The van der Waals surface area contributed by atoms with E-state index >= 15 is 0 Å². The standard InChI is InChI=1S/C16H15N3O3S2/c1-11-5-3-6-12(9-11)17-16(20)14-10-13(15-7-4-8-23-15)18-24(21,22)19(14)2/h3-10H,1-2H3,(H,17,20). The fourth-order valence-electron chi connectivity index (χ4n) is 2.22. The smallest absolute Gasteiger partial charge is 0.321 e. The molecule has 24 heavy (non-hydrogen) atoms. The van der Waals surface area contributed by atoms with Crippen LogP contribution in [0.5, 0.6) is 0 Å². The minimum absolute atomic E-state index is 0.0231. The lowest BCUT2D eigenvalue weighted by Gasteiger charge is -2.23. The molecule has 3 rings (SSSR count). The van der Waals surface area contributed by atoms with Crippen LogP contribution in [0.4, 0.5) is 5.69 Å². The van der Waals surface area contributed by atoms with Gasteiger partial charge in [0, 0.05) is 12.7 Å². The molecule has 0 fully saturated rings. The molecule has 0 aliphatic carbocycles. The van der Waals surface area contributed by atoms with Crippen LogP contribution >= 0.6 is 11.3 Å². The summed E-state index contributed by atoms with van der Waals surface area (Å²) in [5.74, 6) is -0.504. The van der Waals surface area contributed by atoms with Gasteiger partial charge in [0.15, 0.2) is 0 Å². The van der Waals surface area contributed by atoms with E-state index in [2.05, 4.69) is 9.71 Å². The third-order valence-electron chi connectivity index (χ3n) is 3.45. The molecule has 6 nitrogen and oxygen atoms in total. The molecule has 0 unspecified atom stereocenters. The van der Waals surface area contributed by atoms with Crippen molar-refractivity contribution in [2.45, 2.75) is 6.92 Å². The molecule has 0 atom stereocenters. The van der Waals surface area contributed by atoms with Crippen molar-refractivity contribution in [1.82, 2.24) is 4.31 Å². The fraction of sp³-hybridized carbons (Fsp3) is 0.125. The third-order valence-corrected chi connectivity index (χ3v) is 5.66. The molecule has 1 aliphatic rings. The first-order valence-electron chi connectivity index (χ1n) is 7.09. The molecule has 0 saturated carbocycles. The molecule has 0 bridgehead atoms. The first kappa shape index (κ1) is 16.4. The summed E-state index contributed by atoms with van der Waals surface area (Å²) in [4.78, 5) is 13.2. The number of rotatable bonds is 3. The summed E-state index contributed by atoms with van der Waals surface area (Å²) in [5, 5.41) is 4.54. The minimum atomic E-state index is -3.93. The summed E-state index contributed by atoms with van der Waals surface area (Å²) in [5.41, 5.74) is 1.88. The zero-order chi connectivity index (χ0) is 17.3. The zero-order valence-corrected chi connectivity index (χ0v) is 14.7. The van der Waals surface area contributed by atoms with E-state index in [1.165, 1.54) is 24.5 Å². The second-order valence-electron chi connectivity index (χ2n) is 5.25. The lowest BCUT2D eigenvalue weighted by molar-refractivity contribution is -0.113. The first-order chi connectivity index (χ1) is 11.4. The monoisotopic (exact) mass is 361 g/mol. The van der Waals surface area contributed by atoms with Crippen LogP contribution in [-0.2, 0) is 15.0 Å². The second kappa shape index (κ2) is 6.21. The highest BCUT2D eigenvalue weighted by Gasteiger charge is 2.30. The van der Waals surface area contributed by atoms with Gasteiger partial charge in [0.25, 0.3) is 5.91 Å². The van der Waals surface area contributed by atoms with Gasteiger partial charge in [-0.05, 0) is 42.1 Å². The number of allylic oxidation sites excluding steroid dienone is 1. The van der Waals surface area contributed by atoms with Crippen molar-refractivity contribution in [2.75, 3.05) is 12.4 Å². The van der Waals surface area contributed by atoms with Gasteiger partial charge in [0.05, 0.1) is 10.6 Å². The Hall–Kier alpha value is -2.45. The number of hydrogen-bond acceptors (Lipinski definition) is 4. The van der Waals surface area contributed by atoms with Gasteiger partial charge < -0.3 is 5.32 Å². The number of benzene rings is 1. The Morgan fingerprint density at radius 2 is 2.04 bits per heavy atom. The molecule has 1 aromatic heterocycles. The average Bonchev–Trinajstić information content (AvgIpc) is 3.04. The summed E-state index contributed by atoms with van der Waals surface area (Å²) < 4.78 is 29.1. The number of carbonyl (C=O) groups excluding carboxylic acids is 1. The van der Waals surface area contributed by atoms with Gasteiger partial charge in [-0.3, -0.25) is 4.79 Å². The number of thiophene rings is 1. The van der Waals surface area contributed by atoms with Crippen LogP contribution in [0.2, 0.25) is 0 Å². The van der Waals surface area contributed by atoms with Gasteiger partial charge in [-0.15, -0.1) is 15.7 Å². The Morgan fingerprint density at radius 3 is 2.71 bits per heavy atom. The Balaban J connectivity index is 1.95. The van der Waals surface area contributed by atoms with E-state index in [1.54, 1.807) is 18.2 Å². The number of nitrogens with zero attached hydrogens (tertiary/aromatic N) is 2. The Kier molecular flexibility index (Phi) is 4.25. The van der Waals surface area contributed by atoms with Gasteiger partial charge in [0.2, 0.25) is 0 Å². The van der Waals surface area contributed by atoms with Gasteiger partial charge in [-0.25, -0.2) is 4.31 Å². The first-order valence-corrected chi connectivity index (χ1v) is 9.37. The summed E-state index contributed by atoms with van der Waals surface area (Å²) in [6, 6.07) is 10.8. The largest absolute Gasteiger partial charge is 0.345 e. The average molecular weight is 361 g/mol. The van der Waals surface area contributed by atoms with Crippen molar-refractivity contribution in [3.05, 3.63) is 64.0 Å². The molecule has 1 aliphatic heterocycles. The number of hydrogen-bond donors (Lipinski definition) is 1. The molecule has 124 valence electrons. The van der Waals surface area contributed by atoms with Crippen LogP contribution in [-0.4, -0.2) is 31.4 Å². The van der Waals surface area contributed by atoms with Crippen molar-refractivity contribution < 1.29 is 13.2 Å². The third kappa shape index (κ3) is 3.24. The lowest BCUT2D eigenvalue weighted by Crippen LogP contribution is -2.35. The van der Waals surface area contributed by atoms with Gasteiger partial charge in [-0.1, -0.05) is 18.2 Å². The van der Waals surface area contributed by atoms with Gasteiger partial charge in [-0.2, -0.15) is 8.42 Å². The van der Waals surface area contributed by atoms with E-state index in [0.717, 1.165) is 9.87 Å². The van der Waals surface area contributed by atoms with Crippen LogP contribution in [0.3, 0.4) is 0 Å². The molecule has 1 amide bonds. The van der Waals surface area contributed by atoms with Crippen LogP contribution in [0.15, 0.2) is 57.9 Å². The van der Waals surface area contributed by atoms with Crippen molar-refractivity contribution in [3.63, 3.8) is 0 Å². The van der Waals surface area contributed by atoms with E-state index in [-0.39, 0.29) is 11.4 Å². The van der Waals surface area contributed by atoms with Crippen molar-refractivity contribution >= 4 is 38.9 Å². The highest BCUT2D eigenvalue weighted by molar-refractivity contribution is 7.88. The van der Waals surface area contributed by atoms with Crippen LogP contribution in [0.1, 0.15) is 10.4 Å². The van der Waals surface area contributed by atoms with E-state index < -0.39 is 16.1 Å². The number of anilines is 1. The molecule has 0 spiro atoms. The van der Waals surface area contributed by atoms with E-state index in [9.17, 15) is 13.2 Å². The number of aryl methyl sites for hydroxylation is 1. The normalized spacial score (nSPS) is 16.3. The van der Waals surface area contributed by atoms with E-state index in [4.69, 9.17) is 0 Å². The zero-order valence-electron chi connectivity index (χ0n) is 13.1. The molecular weight excluding hydrogens is 346 g/mol. The molecule has 2 aromatic rings. The predicted molar refractivity (Wildman–Crippen MR) is 95.4 cm³/mol. The highest BCUT2D eigenvalue weighted by Crippen LogP contribution is 2.23. The van der Waals surface area contributed by atoms with Crippen LogP contribution in [0, 0.1) is 6.92 Å². The van der Waals surface area contributed by atoms with E-state index in [0.29, 0.717) is 10.6 Å². The number of carbonyl (C=O) groups is 1. The Morgan fingerprint density at radius 1 is 1.25 bits per heavy atom. The Labute approximate surface area is 144 Å². The van der Waals surface area contributed by atoms with Gasteiger partial charge >= 0.3 is 10.2 Å². The lowest BCUT2D eigenvalue weighted by atomic mass is 10.2. The summed E-state index contributed by atoms with van der Waals surface area (Å²) in [6.45, 7) is 1.91. The second-order valence-corrected chi connectivity index (χ2v) is 7.83. The van der Waals surface area contributed by atoms with Crippen molar-refractivity contribution in [3.8, 4) is 0 Å². The maximum absolute atomic E-state index is 12.6. The maximum atomic E-state index is 12.6. The van der Waals surface area contributed by atoms with E-state index in [1.807, 2.05) is 30.5 Å². The SMILES string of the molecule is Cc1cccc(NC(=O)C2=CC(c3cccs3)=NS(=O)(=O)N2C)c1. The molecule has 1 aromatic carbocycles. The molecule has 8 heteroatoms. The summed E-state index contributed by atoms with van der Waals surface area (Å²) in [7, 11) is -2.62. The molecule has 1 N–H and O–H groups in total. The minimum Gasteiger partial charge on any atom is -0.321 e. The van der Waals surface area contributed by atoms with Crippen LogP contribution in [0.25, 0.3) is 0 Å². The number of amides is 1. The molecule has 2 heterocycles. The molecule has 0 radical (unpaired) electrons. The van der Waals surface area contributed by atoms with Crippen molar-refractivity contribution in [2.24, 2.45) is 4.40 Å². The molecular formula is C16H15N3O3S2. The highest BCUT2D eigenvalue weighted by atomic mass is 32.2. The predicted octanol–water partition coefficient (Wildman–Crippen LogP) is 2.56. The Bertz CT molecular complexity index is 945. The van der Waals surface area contributed by atoms with Crippen LogP contribution < -0.4 is 5.32 Å². The maximum Gasteiger partial charge on any atom is 0.345 e. The number of likely N-dealkylation sites (N-methyl/N-ethyl adjacent to an activating group) is 1. The number of nitrogens with one attached hydrogen (secondary N) is 1. The quantitative estimate of drug-likeness (QED) is 0.912. The van der Waals surface area contributed by atoms with Crippen molar-refractivity contribution in [1.29, 1.82) is 0 Å². The fourth-order valence-corrected chi connectivity index (χ4v) is 3.87. The summed E-state index contributed by atoms with van der Waals surface area (Å²) in [6.07, 6.45) is 1.48.